The molecule has 0 amide bonds. The fourth-order valence-corrected chi connectivity index (χ4v) is 9.20. The Morgan fingerprint density at radius 3 is 1.47 bits per heavy atom. The minimum absolute atomic E-state index is 0.292. The highest BCUT2D eigenvalue weighted by Crippen LogP contribution is 2.44. The van der Waals surface area contributed by atoms with Gasteiger partial charge in [0.05, 0.1) is 48.0 Å². The first-order valence-electron chi connectivity index (χ1n) is 20.8. The van der Waals surface area contributed by atoms with E-state index in [1.165, 1.54) is 34.8 Å². The van der Waals surface area contributed by atoms with Gasteiger partial charge < -0.3 is 29.9 Å². The highest BCUT2D eigenvalue weighted by atomic mass is 32.2. The minimum Gasteiger partial charge on any atom is -0.494 e. The van der Waals surface area contributed by atoms with Gasteiger partial charge in [0.1, 0.15) is 22.9 Å². The average Bonchev–Trinajstić information content (AvgIpc) is 3.95. The monoisotopic (exact) mass is 909 g/mol. The van der Waals surface area contributed by atoms with Gasteiger partial charge in [0.2, 0.25) is 11.9 Å². The lowest BCUT2D eigenvalue weighted by Gasteiger charge is -2.25. The first-order chi connectivity index (χ1) is 31.4. The molecule has 0 bridgehead atoms. The summed E-state index contributed by atoms with van der Waals surface area (Å²) >= 11 is 4.09. The number of anilines is 6. The van der Waals surface area contributed by atoms with Crippen LogP contribution in [0.5, 0.6) is 11.5 Å². The molecule has 0 fully saturated rings. The molecule has 8 rings (SSSR count). The summed E-state index contributed by atoms with van der Waals surface area (Å²) in [5.41, 5.74) is 6.92. The van der Waals surface area contributed by atoms with E-state index in [4.69, 9.17) is 34.7 Å². The van der Waals surface area contributed by atoms with Gasteiger partial charge in [-0.2, -0.15) is 23.7 Å². The number of methoxy groups -OCH3 is 2. The molecule has 0 unspecified atom stereocenters. The van der Waals surface area contributed by atoms with E-state index in [0.717, 1.165) is 64.9 Å². The summed E-state index contributed by atoms with van der Waals surface area (Å²) in [6.07, 6.45) is 0. The molecule has 3 heterocycles. The Morgan fingerprint density at radius 1 is 0.562 bits per heavy atom. The Morgan fingerprint density at radius 2 is 1.02 bits per heavy atom. The molecule has 8 aromatic rings. The number of rotatable bonds is 19. The van der Waals surface area contributed by atoms with Crippen molar-refractivity contribution in [3.63, 3.8) is 0 Å². The highest BCUT2D eigenvalue weighted by Gasteiger charge is 2.20. The van der Waals surface area contributed by atoms with Gasteiger partial charge in [0.15, 0.2) is 15.2 Å². The Kier molecular flexibility index (Phi) is 14.1. The van der Waals surface area contributed by atoms with Crippen LogP contribution in [0.15, 0.2) is 129 Å². The van der Waals surface area contributed by atoms with Crippen LogP contribution < -0.4 is 29.9 Å². The second-order valence-corrected chi connectivity index (χ2v) is 16.6. The average molecular weight is 910 g/mol. The molecule has 0 spiro atoms. The maximum atomic E-state index is 5.93. The number of fused-ring (bicyclic) bond motifs is 2. The fraction of sp³-hybridized carbons (Fsp3) is 0.239. The van der Waals surface area contributed by atoms with Crippen LogP contribution in [0.3, 0.4) is 0 Å². The number of thioether (sulfide) groups is 1. The van der Waals surface area contributed by atoms with Crippen molar-refractivity contribution in [2.45, 2.75) is 38.6 Å². The smallest absolute Gasteiger partial charge is 0.233 e. The quantitative estimate of drug-likeness (QED) is 0.0584. The van der Waals surface area contributed by atoms with Crippen molar-refractivity contribution in [3.05, 3.63) is 109 Å². The van der Waals surface area contributed by atoms with Gasteiger partial charge in [-0.3, -0.25) is 0 Å². The maximum Gasteiger partial charge on any atom is 0.233 e. The maximum absolute atomic E-state index is 5.93. The van der Waals surface area contributed by atoms with E-state index < -0.39 is 0 Å². The van der Waals surface area contributed by atoms with Crippen molar-refractivity contribution in [1.29, 1.82) is 0 Å². The van der Waals surface area contributed by atoms with Crippen LogP contribution >= 0.6 is 34.8 Å². The van der Waals surface area contributed by atoms with Crippen molar-refractivity contribution >= 4 is 113 Å². The molecule has 3 aromatic heterocycles. The standard InChI is InChI=1S/C46H47N13O2S3/c1-7-58(8-2)38-24-34(36(26-40(38)60-5)52-54-42-30-20-14-16-22-32(30)56-63-42)47-44-49-45(51-46(50-44)62-28-29-18-12-11-13-19-29)48-35-25-39(59(9-3)10-4)41(61-6)27-37(35)53-55-43-31-21-15-17-23-33(31)57-64-43/h11-27H,7-10,28H2,1-6H3,(H2,47,48,49,50,51)/b54-52+,55-53+. The molecule has 0 aliphatic carbocycles. The molecule has 0 aliphatic heterocycles. The van der Waals surface area contributed by atoms with E-state index in [1.807, 2.05) is 91.0 Å². The third-order valence-electron chi connectivity index (χ3n) is 10.3. The van der Waals surface area contributed by atoms with Crippen LogP contribution in [0.25, 0.3) is 21.8 Å². The molecule has 0 saturated heterocycles. The van der Waals surface area contributed by atoms with Gasteiger partial charge in [0.25, 0.3) is 0 Å². The van der Waals surface area contributed by atoms with Gasteiger partial charge in [-0.25, -0.2) is 0 Å². The van der Waals surface area contributed by atoms with Crippen LogP contribution in [0.1, 0.15) is 33.3 Å². The number of nitrogens with one attached hydrogen (secondary N) is 2. The molecule has 326 valence electrons. The summed E-state index contributed by atoms with van der Waals surface area (Å²) in [4.78, 5) is 19.3. The molecule has 15 nitrogen and oxygen atoms in total. The number of ether oxygens (including phenoxy) is 2. The summed E-state index contributed by atoms with van der Waals surface area (Å²) in [6, 6.07) is 33.7. The minimum atomic E-state index is 0.292. The number of nitrogens with zero attached hydrogens (tertiary/aromatic N) is 11. The normalized spacial score (nSPS) is 11.5. The Labute approximate surface area is 384 Å². The molecular weight excluding hydrogens is 863 g/mol. The Bertz CT molecular complexity index is 2740. The number of benzene rings is 5. The first kappa shape index (κ1) is 43.9. The molecule has 64 heavy (non-hydrogen) atoms. The predicted molar refractivity (Wildman–Crippen MR) is 263 cm³/mol. The Hall–Kier alpha value is -6.76. The lowest BCUT2D eigenvalue weighted by molar-refractivity contribution is 0.414. The highest BCUT2D eigenvalue weighted by molar-refractivity contribution is 7.98. The predicted octanol–water partition coefficient (Wildman–Crippen LogP) is 13.4. The third kappa shape index (κ3) is 9.88. The molecule has 18 heteroatoms. The van der Waals surface area contributed by atoms with Crippen LogP contribution in [0.4, 0.5) is 56.0 Å². The second kappa shape index (κ2) is 20.6. The van der Waals surface area contributed by atoms with Crippen molar-refractivity contribution in [2.75, 3.05) is 60.8 Å². The second-order valence-electron chi connectivity index (χ2n) is 14.1. The van der Waals surface area contributed by atoms with Gasteiger partial charge in [-0.15, -0.1) is 20.5 Å². The summed E-state index contributed by atoms with van der Waals surface area (Å²) in [6.45, 7) is 11.5. The van der Waals surface area contributed by atoms with Gasteiger partial charge >= 0.3 is 0 Å². The van der Waals surface area contributed by atoms with Gasteiger partial charge in [-0.1, -0.05) is 66.4 Å². The lowest BCUT2D eigenvalue weighted by Crippen LogP contribution is -2.22. The number of hydrogen-bond donors (Lipinski definition) is 2. The summed E-state index contributed by atoms with van der Waals surface area (Å²) in [5, 5.41) is 29.7. The van der Waals surface area contributed by atoms with E-state index in [1.54, 1.807) is 14.2 Å². The zero-order valence-corrected chi connectivity index (χ0v) is 38.8. The number of azo groups is 2. The summed E-state index contributed by atoms with van der Waals surface area (Å²) in [7, 11) is 3.32. The molecule has 0 atom stereocenters. The van der Waals surface area contributed by atoms with Gasteiger partial charge in [-0.05, 0) is 92.7 Å². The third-order valence-corrected chi connectivity index (χ3v) is 12.8. The van der Waals surface area contributed by atoms with E-state index in [2.05, 4.69) is 79.2 Å². The van der Waals surface area contributed by atoms with Crippen molar-refractivity contribution in [3.8, 4) is 11.5 Å². The van der Waals surface area contributed by atoms with Gasteiger partial charge in [0, 0.05) is 54.8 Å². The molecule has 0 aliphatic rings. The summed E-state index contributed by atoms with van der Waals surface area (Å²) < 4.78 is 21.0. The van der Waals surface area contributed by atoms with Crippen molar-refractivity contribution < 1.29 is 9.47 Å². The lowest BCUT2D eigenvalue weighted by atomic mass is 10.2. The topological polar surface area (TPSA) is 163 Å². The fourth-order valence-electron chi connectivity index (χ4n) is 7.02. The van der Waals surface area contributed by atoms with E-state index in [9.17, 15) is 0 Å². The SMILES string of the molecule is CCN(CC)c1cc(Nc2nc(Nc3cc(N(CC)CC)c(OC)cc3/N=N/c3snc4ccccc34)nc(SCc3ccccc3)n2)c(/N=N/c2snc3ccccc23)cc1OC. The largest absolute Gasteiger partial charge is 0.494 e. The van der Waals surface area contributed by atoms with Crippen LogP contribution in [-0.4, -0.2) is 64.1 Å². The van der Waals surface area contributed by atoms with Crippen molar-refractivity contribution in [2.24, 2.45) is 20.5 Å². The summed E-state index contributed by atoms with van der Waals surface area (Å²) in [5.74, 6) is 2.54. The van der Waals surface area contributed by atoms with Crippen LogP contribution in [-0.2, 0) is 5.75 Å². The van der Waals surface area contributed by atoms with Crippen LogP contribution in [0, 0.1) is 0 Å². The molecule has 0 saturated carbocycles. The van der Waals surface area contributed by atoms with Crippen LogP contribution in [0.2, 0.25) is 0 Å². The Balaban J connectivity index is 1.23. The van der Waals surface area contributed by atoms with E-state index in [0.29, 0.717) is 67.1 Å². The van der Waals surface area contributed by atoms with E-state index in [-0.39, 0.29) is 0 Å². The number of aromatic nitrogens is 5. The molecule has 2 N–H and O–H groups in total. The number of hydrogen-bond acceptors (Lipinski definition) is 18. The molecule has 0 radical (unpaired) electrons. The van der Waals surface area contributed by atoms with Crippen molar-refractivity contribution in [1.82, 2.24) is 23.7 Å². The molecule has 5 aromatic carbocycles. The zero-order valence-electron chi connectivity index (χ0n) is 36.3. The first-order valence-corrected chi connectivity index (χ1v) is 23.4. The van der Waals surface area contributed by atoms with E-state index >= 15 is 0 Å². The molecular formula is C46H47N13O2S3. The zero-order chi connectivity index (χ0) is 44.4.